The summed E-state index contributed by atoms with van der Waals surface area (Å²) in [6.07, 6.45) is 1.22. The third kappa shape index (κ3) is 2.45. The van der Waals surface area contributed by atoms with Crippen molar-refractivity contribution in [1.82, 2.24) is 10.3 Å². The normalized spacial score (nSPS) is 22.4. The van der Waals surface area contributed by atoms with Gasteiger partial charge in [-0.05, 0) is 24.9 Å². The second kappa shape index (κ2) is 5.48. The molecule has 102 valence electrons. The summed E-state index contributed by atoms with van der Waals surface area (Å²) in [4.78, 5) is 4.51. The number of nitrogens with one attached hydrogen (secondary N) is 1. The number of para-hydroxylation sites is 1. The number of nitrogens with zero attached hydrogens (tertiary/aromatic N) is 2. The van der Waals surface area contributed by atoms with Gasteiger partial charge < -0.3 is 10.1 Å². The van der Waals surface area contributed by atoms with Gasteiger partial charge in [0.15, 0.2) is 0 Å². The van der Waals surface area contributed by atoms with Crippen LogP contribution in [0.5, 0.6) is 5.88 Å². The van der Waals surface area contributed by atoms with E-state index in [1.165, 1.54) is 0 Å². The van der Waals surface area contributed by atoms with E-state index in [1.54, 1.807) is 6.07 Å². The highest BCUT2D eigenvalue weighted by Crippen LogP contribution is 2.24. The molecule has 0 amide bonds. The number of hydrogen-bond donors (Lipinski definition) is 1. The first-order chi connectivity index (χ1) is 9.78. The lowest BCUT2D eigenvalue weighted by atomic mass is 9.97. The molecule has 0 bridgehead atoms. The zero-order chi connectivity index (χ0) is 13.9. The van der Waals surface area contributed by atoms with Gasteiger partial charge in [0.2, 0.25) is 5.88 Å². The van der Waals surface area contributed by atoms with E-state index in [9.17, 15) is 5.26 Å². The maximum atomic E-state index is 9.27. The average Bonchev–Trinajstić information content (AvgIpc) is 2.49. The Labute approximate surface area is 118 Å². The van der Waals surface area contributed by atoms with Gasteiger partial charge in [0.25, 0.3) is 0 Å². The van der Waals surface area contributed by atoms with Gasteiger partial charge in [-0.3, -0.25) is 0 Å². The first-order valence-corrected chi connectivity index (χ1v) is 6.95. The summed E-state index contributed by atoms with van der Waals surface area (Å²) < 4.78 is 5.99. The molecule has 0 aliphatic carbocycles. The zero-order valence-electron chi connectivity index (χ0n) is 11.5. The van der Waals surface area contributed by atoms with Crippen LogP contribution in [0.3, 0.4) is 0 Å². The van der Waals surface area contributed by atoms with Gasteiger partial charge in [0, 0.05) is 18.0 Å². The number of rotatable bonds is 2. The summed E-state index contributed by atoms with van der Waals surface area (Å²) in [6.45, 7) is 4.06. The van der Waals surface area contributed by atoms with Crippen LogP contribution < -0.4 is 10.1 Å². The molecule has 0 saturated carbocycles. The topological polar surface area (TPSA) is 57.9 Å². The second-order valence-corrected chi connectivity index (χ2v) is 5.26. The lowest BCUT2D eigenvalue weighted by Gasteiger charge is -2.29. The van der Waals surface area contributed by atoms with Crippen molar-refractivity contribution in [2.75, 3.05) is 13.1 Å². The highest BCUT2D eigenvalue weighted by molar-refractivity contribution is 5.85. The maximum Gasteiger partial charge on any atom is 0.215 e. The number of benzene rings is 1. The van der Waals surface area contributed by atoms with E-state index in [2.05, 4.69) is 23.3 Å². The first-order valence-electron chi connectivity index (χ1n) is 6.95. The Balaban J connectivity index is 1.94. The smallest absolute Gasteiger partial charge is 0.215 e. The molecule has 4 heteroatoms. The average molecular weight is 267 g/mol. The predicted octanol–water partition coefficient (Wildman–Crippen LogP) is 2.48. The fourth-order valence-electron chi connectivity index (χ4n) is 2.58. The van der Waals surface area contributed by atoms with Gasteiger partial charge in [-0.1, -0.05) is 25.1 Å². The number of pyridine rings is 1. The molecule has 0 radical (unpaired) electrons. The van der Waals surface area contributed by atoms with E-state index in [4.69, 9.17) is 4.74 Å². The van der Waals surface area contributed by atoms with Gasteiger partial charge in [0.05, 0.1) is 11.1 Å². The lowest BCUT2D eigenvalue weighted by molar-refractivity contribution is 0.110. The molecule has 1 aromatic carbocycles. The molecule has 2 unspecified atom stereocenters. The van der Waals surface area contributed by atoms with Crippen molar-refractivity contribution in [3.05, 3.63) is 35.9 Å². The quantitative estimate of drug-likeness (QED) is 0.908. The van der Waals surface area contributed by atoms with E-state index in [0.29, 0.717) is 17.4 Å². The van der Waals surface area contributed by atoms with Gasteiger partial charge in [0.1, 0.15) is 12.2 Å². The lowest BCUT2D eigenvalue weighted by Crippen LogP contribution is -2.43. The van der Waals surface area contributed by atoms with E-state index in [-0.39, 0.29) is 6.10 Å². The summed E-state index contributed by atoms with van der Waals surface area (Å²) in [5, 5.41) is 13.5. The molecule has 1 aliphatic heterocycles. The Morgan fingerprint density at radius 2 is 2.25 bits per heavy atom. The minimum absolute atomic E-state index is 0.115. The second-order valence-electron chi connectivity index (χ2n) is 5.26. The van der Waals surface area contributed by atoms with Gasteiger partial charge in [-0.25, -0.2) is 4.98 Å². The molecule has 3 rings (SSSR count). The van der Waals surface area contributed by atoms with Gasteiger partial charge in [-0.2, -0.15) is 5.26 Å². The summed E-state index contributed by atoms with van der Waals surface area (Å²) in [6, 6.07) is 11.6. The Morgan fingerprint density at radius 1 is 1.40 bits per heavy atom. The largest absolute Gasteiger partial charge is 0.473 e. The molecule has 4 nitrogen and oxygen atoms in total. The van der Waals surface area contributed by atoms with Crippen molar-refractivity contribution in [1.29, 1.82) is 5.26 Å². The molecule has 1 aromatic heterocycles. The van der Waals surface area contributed by atoms with Crippen LogP contribution in [0.1, 0.15) is 18.9 Å². The molecule has 2 atom stereocenters. The highest BCUT2D eigenvalue weighted by Gasteiger charge is 2.23. The van der Waals surface area contributed by atoms with Gasteiger partial charge in [-0.15, -0.1) is 0 Å². The fourth-order valence-corrected chi connectivity index (χ4v) is 2.58. The Hall–Kier alpha value is -2.12. The summed E-state index contributed by atoms with van der Waals surface area (Å²) in [7, 11) is 0. The third-order valence-electron chi connectivity index (χ3n) is 3.84. The molecule has 1 N–H and O–H groups in total. The molecule has 0 spiro atoms. The van der Waals surface area contributed by atoms with Crippen LogP contribution in [0, 0.1) is 17.2 Å². The van der Waals surface area contributed by atoms with Crippen LogP contribution in [-0.2, 0) is 0 Å². The molecule has 2 aromatic rings. The molecule has 20 heavy (non-hydrogen) atoms. The fraction of sp³-hybridized carbons (Fsp3) is 0.375. The standard InChI is InChI=1S/C16H17N3O/c1-11-6-7-18-10-15(11)20-16-8-12(9-17)13-4-2-3-5-14(13)19-16/h2-5,8,11,15,18H,6-7,10H2,1H3. The van der Waals surface area contributed by atoms with E-state index >= 15 is 0 Å². The predicted molar refractivity (Wildman–Crippen MR) is 77.5 cm³/mol. The Bertz CT molecular complexity index is 662. The Kier molecular flexibility index (Phi) is 3.53. The summed E-state index contributed by atoms with van der Waals surface area (Å²) >= 11 is 0. The first kappa shape index (κ1) is 12.9. The maximum absolute atomic E-state index is 9.27. The van der Waals surface area contributed by atoms with E-state index in [0.717, 1.165) is 30.4 Å². The molecular weight excluding hydrogens is 250 g/mol. The number of nitriles is 1. The number of hydrogen-bond acceptors (Lipinski definition) is 4. The highest BCUT2D eigenvalue weighted by atomic mass is 16.5. The SMILES string of the molecule is CC1CCNCC1Oc1cc(C#N)c2ccccc2n1. The molecule has 2 heterocycles. The van der Waals surface area contributed by atoms with Crippen LogP contribution in [0.2, 0.25) is 0 Å². The monoisotopic (exact) mass is 267 g/mol. The molecule has 1 aliphatic rings. The number of aromatic nitrogens is 1. The minimum Gasteiger partial charge on any atom is -0.473 e. The van der Waals surface area contributed by atoms with Crippen molar-refractivity contribution < 1.29 is 4.74 Å². The van der Waals surface area contributed by atoms with Crippen LogP contribution >= 0.6 is 0 Å². The Morgan fingerprint density at radius 3 is 3.05 bits per heavy atom. The third-order valence-corrected chi connectivity index (χ3v) is 3.84. The zero-order valence-corrected chi connectivity index (χ0v) is 11.5. The number of piperidine rings is 1. The number of fused-ring (bicyclic) bond motifs is 1. The van der Waals surface area contributed by atoms with Crippen molar-refractivity contribution in [2.24, 2.45) is 5.92 Å². The van der Waals surface area contributed by atoms with Crippen LogP contribution in [0.15, 0.2) is 30.3 Å². The van der Waals surface area contributed by atoms with Crippen LogP contribution in [0.4, 0.5) is 0 Å². The number of ether oxygens (including phenoxy) is 1. The minimum atomic E-state index is 0.115. The van der Waals surface area contributed by atoms with Crippen molar-refractivity contribution >= 4 is 10.9 Å². The summed E-state index contributed by atoms with van der Waals surface area (Å²) in [5.41, 5.74) is 1.42. The van der Waals surface area contributed by atoms with Crippen molar-refractivity contribution in [3.8, 4) is 11.9 Å². The van der Waals surface area contributed by atoms with E-state index < -0.39 is 0 Å². The van der Waals surface area contributed by atoms with Gasteiger partial charge >= 0.3 is 0 Å². The molecule has 1 fully saturated rings. The molecular formula is C16H17N3O. The van der Waals surface area contributed by atoms with Crippen LogP contribution in [-0.4, -0.2) is 24.2 Å². The van der Waals surface area contributed by atoms with Crippen LogP contribution in [0.25, 0.3) is 10.9 Å². The van der Waals surface area contributed by atoms with E-state index in [1.807, 2.05) is 24.3 Å². The molecule has 1 saturated heterocycles. The summed E-state index contributed by atoms with van der Waals surface area (Å²) in [5.74, 6) is 1.04. The van der Waals surface area contributed by atoms with Crippen molar-refractivity contribution in [2.45, 2.75) is 19.4 Å². The van der Waals surface area contributed by atoms with Crippen molar-refractivity contribution in [3.63, 3.8) is 0 Å².